The Morgan fingerprint density at radius 1 is 0.701 bits per heavy atom. The SMILES string of the molecule is C/C1=C/C[C@@H](/C(C)=C/c2csc(C)n2)OC(=O)C[C@@H](O)C(C)(C)S(=O)[C@H](C)[C@@H](O)[C@@H](C)CCC1.C/C1=C/C[C@@H](/C(C)=C/c2csc(C)n2)OC(=O)C[C@@H](O)C(C)(C)S[C@H](C)[C@@H](O)[C@@H](C)CCC1. The van der Waals surface area contributed by atoms with E-state index in [9.17, 15) is 34.2 Å². The molecule has 0 amide bonds. The second-order valence-electron chi connectivity index (χ2n) is 20.1. The van der Waals surface area contributed by atoms with Crippen molar-refractivity contribution in [2.24, 2.45) is 11.8 Å². The third-order valence-electron chi connectivity index (χ3n) is 13.2. The molecule has 2 aliphatic rings. The minimum Gasteiger partial charge on any atom is -0.457 e. The van der Waals surface area contributed by atoms with Crippen LogP contribution in [0.15, 0.2) is 45.2 Å². The number of thioether (sulfide) groups is 1. The summed E-state index contributed by atoms with van der Waals surface area (Å²) in [5.74, 6) is -0.796. The summed E-state index contributed by atoms with van der Waals surface area (Å²) in [5, 5.41) is 48.6. The minimum absolute atomic E-state index is 0.0166. The number of aliphatic hydroxyl groups is 4. The summed E-state index contributed by atoms with van der Waals surface area (Å²) >= 11 is 4.69. The van der Waals surface area contributed by atoms with E-state index in [-0.39, 0.29) is 29.9 Å². The first-order valence-corrected chi connectivity index (χ1v) is 27.8. The lowest BCUT2D eigenvalue weighted by Gasteiger charge is -2.35. The van der Waals surface area contributed by atoms with Crippen LogP contribution in [0.5, 0.6) is 0 Å². The number of aromatic nitrogens is 2. The molecule has 0 radical (unpaired) electrons. The zero-order valence-electron chi connectivity index (χ0n) is 42.7. The molecule has 378 valence electrons. The fourth-order valence-electron chi connectivity index (χ4n) is 8.28. The molecule has 11 nitrogen and oxygen atoms in total. The monoisotopic (exact) mass is 1010 g/mol. The predicted octanol–water partition coefficient (Wildman–Crippen LogP) is 10.9. The molecule has 2 aliphatic heterocycles. The normalized spacial score (nSPS) is 33.4. The van der Waals surface area contributed by atoms with Crippen LogP contribution in [-0.2, 0) is 29.9 Å². The van der Waals surface area contributed by atoms with Gasteiger partial charge >= 0.3 is 11.9 Å². The third-order valence-corrected chi connectivity index (χ3v) is 18.6. The molecule has 2 aromatic heterocycles. The summed E-state index contributed by atoms with van der Waals surface area (Å²) in [5.41, 5.74) is 5.98. The summed E-state index contributed by atoms with van der Waals surface area (Å²) in [7, 11) is -1.56. The maximum absolute atomic E-state index is 13.3. The number of carbonyl (C=O) groups excluding carboxylic acids is 2. The van der Waals surface area contributed by atoms with E-state index in [4.69, 9.17) is 9.47 Å². The molecular weight excluding hydrogens is 925 g/mol. The van der Waals surface area contributed by atoms with Gasteiger partial charge in [0.05, 0.1) is 68.7 Å². The zero-order chi connectivity index (χ0) is 50.4. The number of esters is 2. The van der Waals surface area contributed by atoms with Crippen LogP contribution in [0, 0.1) is 25.7 Å². The molecule has 4 heterocycles. The van der Waals surface area contributed by atoms with Crippen LogP contribution in [0.3, 0.4) is 0 Å². The second kappa shape index (κ2) is 27.2. The Hall–Kier alpha value is -2.50. The number of thiazole rings is 2. The number of allylic oxidation sites excluding steroid dienone is 2. The van der Waals surface area contributed by atoms with Gasteiger partial charge in [0.25, 0.3) is 0 Å². The van der Waals surface area contributed by atoms with Crippen molar-refractivity contribution in [2.45, 2.75) is 218 Å². The first-order valence-electron chi connectivity index (χ1n) is 23.9. The quantitative estimate of drug-likeness (QED) is 0.169. The van der Waals surface area contributed by atoms with Gasteiger partial charge in [-0.1, -0.05) is 44.1 Å². The summed E-state index contributed by atoms with van der Waals surface area (Å²) in [4.78, 5) is 34.6. The number of aryl methyl sites for hydroxylation is 2. The van der Waals surface area contributed by atoms with Crippen molar-refractivity contribution in [2.75, 3.05) is 0 Å². The second-order valence-corrected chi connectivity index (χ2v) is 26.6. The van der Waals surface area contributed by atoms with Gasteiger partial charge in [0.2, 0.25) is 0 Å². The Morgan fingerprint density at radius 2 is 1.12 bits per heavy atom. The average molecular weight is 1010 g/mol. The van der Waals surface area contributed by atoms with Gasteiger partial charge < -0.3 is 29.9 Å². The van der Waals surface area contributed by atoms with Crippen LogP contribution in [0.1, 0.15) is 169 Å². The summed E-state index contributed by atoms with van der Waals surface area (Å²) < 4.78 is 23.3. The van der Waals surface area contributed by atoms with Crippen molar-refractivity contribution < 1.29 is 43.7 Å². The maximum atomic E-state index is 13.3. The number of hydrogen-bond acceptors (Lipinski definition) is 14. The molecule has 0 saturated carbocycles. The summed E-state index contributed by atoms with van der Waals surface area (Å²) in [6, 6.07) is 0. The highest BCUT2D eigenvalue weighted by Crippen LogP contribution is 2.37. The van der Waals surface area contributed by atoms with Gasteiger partial charge in [0, 0.05) is 44.4 Å². The maximum Gasteiger partial charge on any atom is 0.309 e. The number of ether oxygens (including phenoxy) is 2. The summed E-state index contributed by atoms with van der Waals surface area (Å²) in [6.07, 6.45) is 10.3. The number of nitrogens with zero attached hydrogens (tertiary/aromatic N) is 2. The van der Waals surface area contributed by atoms with Crippen molar-refractivity contribution >= 4 is 69.3 Å². The Kier molecular flexibility index (Phi) is 23.9. The number of carbonyl (C=O) groups is 2. The van der Waals surface area contributed by atoms with Gasteiger partial charge in [-0.3, -0.25) is 13.8 Å². The number of rotatable bonds is 4. The zero-order valence-corrected chi connectivity index (χ0v) is 45.9. The van der Waals surface area contributed by atoms with Gasteiger partial charge in [-0.05, 0) is 150 Å². The van der Waals surface area contributed by atoms with Gasteiger partial charge in [0.15, 0.2) is 0 Å². The Labute approximate surface area is 416 Å². The molecule has 15 heteroatoms. The molecule has 67 heavy (non-hydrogen) atoms. The minimum atomic E-state index is -1.56. The molecule has 11 atom stereocenters. The van der Waals surface area contributed by atoms with Gasteiger partial charge in [0.1, 0.15) is 12.2 Å². The Balaban J connectivity index is 0.000000355. The number of cyclic esters (lactones) is 2. The van der Waals surface area contributed by atoms with Crippen LogP contribution < -0.4 is 0 Å². The lowest BCUT2D eigenvalue weighted by atomic mass is 9.94. The molecule has 0 aromatic carbocycles. The lowest BCUT2D eigenvalue weighted by molar-refractivity contribution is -0.150. The van der Waals surface area contributed by atoms with Crippen LogP contribution in [0.2, 0.25) is 0 Å². The van der Waals surface area contributed by atoms with Crippen molar-refractivity contribution in [3.05, 3.63) is 66.6 Å². The molecule has 0 spiro atoms. The molecule has 4 rings (SSSR count). The molecule has 1 unspecified atom stereocenters. The molecule has 4 N–H and O–H groups in total. The fourth-order valence-corrected chi connectivity index (χ4v) is 12.9. The van der Waals surface area contributed by atoms with E-state index >= 15 is 0 Å². The predicted molar refractivity (Wildman–Crippen MR) is 280 cm³/mol. The molecule has 0 bridgehead atoms. The highest BCUT2D eigenvalue weighted by Gasteiger charge is 2.42. The lowest BCUT2D eigenvalue weighted by Crippen LogP contribution is -2.49. The largest absolute Gasteiger partial charge is 0.457 e. The Bertz CT molecular complexity index is 2050. The first-order chi connectivity index (χ1) is 31.2. The summed E-state index contributed by atoms with van der Waals surface area (Å²) in [6.45, 7) is 27.0. The van der Waals surface area contributed by atoms with Crippen LogP contribution in [-0.4, -0.2) is 103 Å². The van der Waals surface area contributed by atoms with Crippen LogP contribution in [0.4, 0.5) is 0 Å². The number of hydrogen-bond donors (Lipinski definition) is 4. The molecule has 0 aliphatic carbocycles. The van der Waals surface area contributed by atoms with E-state index in [2.05, 4.69) is 42.9 Å². The molecular formula is C52H82N2O9S4. The van der Waals surface area contributed by atoms with E-state index in [1.165, 1.54) is 22.9 Å². The van der Waals surface area contributed by atoms with Crippen molar-refractivity contribution in [1.82, 2.24) is 9.97 Å². The van der Waals surface area contributed by atoms with Crippen molar-refractivity contribution in [3.8, 4) is 0 Å². The molecule has 0 saturated heterocycles. The molecule has 2 aromatic rings. The fraction of sp³-hybridized carbons (Fsp3) is 0.692. The van der Waals surface area contributed by atoms with Crippen LogP contribution in [0.25, 0.3) is 12.2 Å². The first kappa shape index (κ1) is 58.8. The van der Waals surface area contributed by atoms with Crippen molar-refractivity contribution in [1.29, 1.82) is 0 Å². The third kappa shape index (κ3) is 19.0. The number of aliphatic hydroxyl groups excluding tert-OH is 4. The van der Waals surface area contributed by atoms with E-state index in [0.29, 0.717) is 12.8 Å². The highest BCUT2D eigenvalue weighted by molar-refractivity contribution is 8.01. The van der Waals surface area contributed by atoms with E-state index in [0.717, 1.165) is 71.1 Å². The van der Waals surface area contributed by atoms with Gasteiger partial charge in [-0.2, -0.15) is 0 Å². The topological polar surface area (TPSA) is 176 Å². The van der Waals surface area contributed by atoms with E-state index < -0.39 is 74.1 Å². The van der Waals surface area contributed by atoms with E-state index in [1.807, 2.05) is 78.3 Å². The smallest absolute Gasteiger partial charge is 0.309 e. The Morgan fingerprint density at radius 3 is 1.54 bits per heavy atom. The average Bonchev–Trinajstić information content (AvgIpc) is 3.87. The standard InChI is InChI=1S/C26H41NO5S2.C26H41NO4S2/c1-16-9-8-10-17(2)25(30)19(4)34(31)26(6,7)23(28)14-24(29)32-22(12-11-16)18(3)13-21-15-33-20(5)27-21;1-16-9-8-10-17(2)25(30)19(4)33-26(6,7)23(28)14-24(29)31-22(12-11-16)18(3)13-21-15-32-20(5)27-21/h11,13,15,17,19,22-23,25,28,30H,8-10,12,14H2,1-7H3;11,13,15,17,19,22-23,25,28,30H,8-10,12,14H2,1-7H3/b2*16-11-,18-13+/t17-,19+,22-,23+,25-,34?;17-,19+,22-,23+,25-/m00/s1. The van der Waals surface area contributed by atoms with E-state index in [1.54, 1.807) is 43.4 Å². The van der Waals surface area contributed by atoms with Gasteiger partial charge in [-0.15, -0.1) is 34.4 Å². The molecule has 0 fully saturated rings. The van der Waals surface area contributed by atoms with Crippen molar-refractivity contribution in [3.63, 3.8) is 0 Å². The highest BCUT2D eigenvalue weighted by atomic mass is 32.2. The van der Waals surface area contributed by atoms with Crippen LogP contribution >= 0.6 is 34.4 Å². The van der Waals surface area contributed by atoms with Gasteiger partial charge in [-0.25, -0.2) is 9.97 Å².